The fourth-order valence-electron chi connectivity index (χ4n) is 3.81. The Morgan fingerprint density at radius 3 is 2.39 bits per heavy atom. The number of hydrogen-bond acceptors (Lipinski definition) is 9. The third kappa shape index (κ3) is 5.18. The number of esters is 1. The molecular weight excluding hydrogens is 484 g/mol. The van der Waals surface area contributed by atoms with E-state index in [9.17, 15) is 14.4 Å². The molecule has 0 aliphatic carbocycles. The minimum Gasteiger partial charge on any atom is -0.497 e. The van der Waals surface area contributed by atoms with Gasteiger partial charge in [0.2, 0.25) is 0 Å². The number of benzene rings is 1. The van der Waals surface area contributed by atoms with E-state index in [-0.39, 0.29) is 22.9 Å². The highest BCUT2D eigenvalue weighted by atomic mass is 32.2. The van der Waals surface area contributed by atoms with Crippen LogP contribution in [-0.4, -0.2) is 80.6 Å². The minimum absolute atomic E-state index is 0.0965. The number of hydrazine groups is 1. The van der Waals surface area contributed by atoms with Crippen LogP contribution in [0, 0.1) is 0 Å². The zero-order chi connectivity index (χ0) is 25.7. The predicted octanol–water partition coefficient (Wildman–Crippen LogP) is 2.54. The quantitative estimate of drug-likeness (QED) is 0.333. The Morgan fingerprint density at radius 1 is 1.00 bits per heavy atom. The third-order valence-electron chi connectivity index (χ3n) is 5.66. The van der Waals surface area contributed by atoms with E-state index in [2.05, 4.69) is 19.9 Å². The smallest absolute Gasteiger partial charge is 0.339 e. The number of rotatable bonds is 8. The number of ether oxygens (including phenoxy) is 2. The van der Waals surface area contributed by atoms with E-state index in [1.54, 1.807) is 7.11 Å². The summed E-state index contributed by atoms with van der Waals surface area (Å²) in [5.74, 6) is 0.399. The molecule has 3 heterocycles. The SMILES string of the molecule is CCn1c(SCC(=O)N2CCCN2C(=O)c2ccc(C(=O)OC)cn2)nnc1-c1ccc(OC)cc1. The number of aromatic nitrogens is 4. The van der Waals surface area contributed by atoms with Crippen LogP contribution in [0.4, 0.5) is 0 Å². The van der Waals surface area contributed by atoms with Crippen molar-refractivity contribution < 1.29 is 23.9 Å². The van der Waals surface area contributed by atoms with Gasteiger partial charge in [0.15, 0.2) is 11.0 Å². The lowest BCUT2D eigenvalue weighted by molar-refractivity contribution is -0.137. The van der Waals surface area contributed by atoms with Gasteiger partial charge in [-0.1, -0.05) is 11.8 Å². The van der Waals surface area contributed by atoms with Crippen LogP contribution >= 0.6 is 11.8 Å². The molecule has 1 saturated heterocycles. The van der Waals surface area contributed by atoms with Crippen molar-refractivity contribution in [3.8, 4) is 17.1 Å². The van der Waals surface area contributed by atoms with Crippen LogP contribution in [0.15, 0.2) is 47.8 Å². The van der Waals surface area contributed by atoms with E-state index in [0.717, 1.165) is 11.3 Å². The van der Waals surface area contributed by atoms with Crippen molar-refractivity contribution in [3.05, 3.63) is 53.9 Å². The zero-order valence-electron chi connectivity index (χ0n) is 20.2. The van der Waals surface area contributed by atoms with E-state index < -0.39 is 11.9 Å². The van der Waals surface area contributed by atoms with E-state index in [0.29, 0.717) is 37.0 Å². The maximum absolute atomic E-state index is 13.1. The standard InChI is InChI=1S/C24H26N6O5S/c1-4-28-21(16-6-9-18(34-2)10-7-16)26-27-24(28)36-15-20(31)29-12-5-13-30(29)22(32)19-11-8-17(14-25-19)23(33)35-3/h6-11,14H,4-5,12-13,15H2,1-3H3. The molecule has 0 spiro atoms. The molecule has 1 aromatic carbocycles. The highest BCUT2D eigenvalue weighted by Gasteiger charge is 2.32. The zero-order valence-corrected chi connectivity index (χ0v) is 21.0. The topological polar surface area (TPSA) is 120 Å². The molecule has 2 aromatic heterocycles. The molecule has 0 radical (unpaired) electrons. The van der Waals surface area contributed by atoms with Crippen molar-refractivity contribution in [2.24, 2.45) is 0 Å². The monoisotopic (exact) mass is 510 g/mol. The van der Waals surface area contributed by atoms with Gasteiger partial charge in [-0.05, 0) is 49.7 Å². The molecule has 1 aliphatic rings. The summed E-state index contributed by atoms with van der Waals surface area (Å²) < 4.78 is 11.8. The highest BCUT2D eigenvalue weighted by Crippen LogP contribution is 2.26. The second kappa shape index (κ2) is 11.2. The predicted molar refractivity (Wildman–Crippen MR) is 131 cm³/mol. The van der Waals surface area contributed by atoms with E-state index >= 15 is 0 Å². The Labute approximate surface area is 212 Å². The van der Waals surface area contributed by atoms with Crippen molar-refractivity contribution in [3.63, 3.8) is 0 Å². The summed E-state index contributed by atoms with van der Waals surface area (Å²) in [5.41, 5.74) is 1.28. The molecule has 0 N–H and O–H groups in total. The maximum Gasteiger partial charge on any atom is 0.339 e. The van der Waals surface area contributed by atoms with Crippen LogP contribution in [-0.2, 0) is 16.1 Å². The Morgan fingerprint density at radius 2 is 1.75 bits per heavy atom. The number of thioether (sulfide) groups is 1. The number of carbonyl (C=O) groups is 3. The lowest BCUT2D eigenvalue weighted by atomic mass is 10.2. The first-order valence-electron chi connectivity index (χ1n) is 11.3. The largest absolute Gasteiger partial charge is 0.497 e. The second-order valence-electron chi connectivity index (χ2n) is 7.79. The molecule has 0 atom stereocenters. The summed E-state index contributed by atoms with van der Waals surface area (Å²) in [6.45, 7) is 3.46. The number of amides is 2. The molecule has 36 heavy (non-hydrogen) atoms. The molecule has 0 bridgehead atoms. The summed E-state index contributed by atoms with van der Waals surface area (Å²) in [5, 5.41) is 12.1. The normalized spacial score (nSPS) is 13.1. The Balaban J connectivity index is 1.42. The van der Waals surface area contributed by atoms with Gasteiger partial charge in [-0.3, -0.25) is 19.6 Å². The average molecular weight is 511 g/mol. The van der Waals surface area contributed by atoms with Gasteiger partial charge in [-0.15, -0.1) is 10.2 Å². The molecule has 1 aliphatic heterocycles. The van der Waals surface area contributed by atoms with Crippen molar-refractivity contribution in [1.29, 1.82) is 0 Å². The minimum atomic E-state index is -0.536. The van der Waals surface area contributed by atoms with E-state index in [1.165, 1.54) is 47.2 Å². The summed E-state index contributed by atoms with van der Waals surface area (Å²) in [4.78, 5) is 41.7. The molecule has 2 amide bonds. The fourth-order valence-corrected chi connectivity index (χ4v) is 4.68. The Kier molecular flexibility index (Phi) is 7.84. The van der Waals surface area contributed by atoms with Gasteiger partial charge < -0.3 is 14.0 Å². The number of nitrogens with zero attached hydrogens (tertiary/aromatic N) is 6. The summed E-state index contributed by atoms with van der Waals surface area (Å²) in [6, 6.07) is 10.5. The van der Waals surface area contributed by atoms with Crippen LogP contribution < -0.4 is 4.74 Å². The fraction of sp³-hybridized carbons (Fsp3) is 0.333. The first kappa shape index (κ1) is 25.2. The average Bonchev–Trinajstić information content (AvgIpc) is 3.58. The van der Waals surface area contributed by atoms with Crippen LogP contribution in [0.5, 0.6) is 5.75 Å². The lowest BCUT2D eigenvalue weighted by Crippen LogP contribution is -2.45. The Bertz CT molecular complexity index is 1240. The number of hydrogen-bond donors (Lipinski definition) is 0. The number of methoxy groups -OCH3 is 2. The van der Waals surface area contributed by atoms with Crippen LogP contribution in [0.3, 0.4) is 0 Å². The third-order valence-corrected chi connectivity index (χ3v) is 6.61. The van der Waals surface area contributed by atoms with Crippen molar-refractivity contribution >= 4 is 29.5 Å². The molecule has 0 unspecified atom stereocenters. The molecule has 0 saturated carbocycles. The van der Waals surface area contributed by atoms with Gasteiger partial charge in [0.1, 0.15) is 11.4 Å². The van der Waals surface area contributed by atoms with Gasteiger partial charge in [-0.25, -0.2) is 9.80 Å². The van der Waals surface area contributed by atoms with Crippen molar-refractivity contribution in [2.75, 3.05) is 33.1 Å². The van der Waals surface area contributed by atoms with Gasteiger partial charge in [0.05, 0.1) is 25.5 Å². The van der Waals surface area contributed by atoms with Crippen molar-refractivity contribution in [2.45, 2.75) is 25.0 Å². The summed E-state index contributed by atoms with van der Waals surface area (Å²) in [6.07, 6.45) is 1.95. The molecule has 4 rings (SSSR count). The van der Waals surface area contributed by atoms with Gasteiger partial charge >= 0.3 is 5.97 Å². The van der Waals surface area contributed by atoms with Crippen LogP contribution in [0.25, 0.3) is 11.4 Å². The molecule has 188 valence electrons. The molecule has 12 heteroatoms. The van der Waals surface area contributed by atoms with Crippen LogP contribution in [0.2, 0.25) is 0 Å². The first-order chi connectivity index (χ1) is 17.5. The maximum atomic E-state index is 13.1. The second-order valence-corrected chi connectivity index (χ2v) is 8.73. The number of carbonyl (C=O) groups excluding carboxylic acids is 3. The molecular formula is C24H26N6O5S. The summed E-state index contributed by atoms with van der Waals surface area (Å²) >= 11 is 1.28. The molecule has 11 nitrogen and oxygen atoms in total. The van der Waals surface area contributed by atoms with Gasteiger partial charge in [0, 0.05) is 31.4 Å². The van der Waals surface area contributed by atoms with Crippen LogP contribution in [0.1, 0.15) is 34.2 Å². The molecule has 1 fully saturated rings. The summed E-state index contributed by atoms with van der Waals surface area (Å²) in [7, 11) is 2.89. The Hall–Kier alpha value is -3.93. The van der Waals surface area contributed by atoms with Crippen molar-refractivity contribution in [1.82, 2.24) is 29.8 Å². The molecule has 3 aromatic rings. The van der Waals surface area contributed by atoms with E-state index in [1.807, 2.05) is 35.8 Å². The lowest BCUT2D eigenvalue weighted by Gasteiger charge is -2.27. The van der Waals surface area contributed by atoms with E-state index in [4.69, 9.17) is 4.74 Å². The van der Waals surface area contributed by atoms with Gasteiger partial charge in [0.25, 0.3) is 11.8 Å². The first-order valence-corrected chi connectivity index (χ1v) is 12.3. The number of pyridine rings is 1. The highest BCUT2D eigenvalue weighted by molar-refractivity contribution is 7.99. The van der Waals surface area contributed by atoms with Gasteiger partial charge in [-0.2, -0.15) is 0 Å².